The Morgan fingerprint density at radius 3 is 2.64 bits per heavy atom. The number of carbonyl (C=O) groups excluding carboxylic acids is 1. The van der Waals surface area contributed by atoms with Gasteiger partial charge in [-0.15, -0.1) is 0 Å². The molecule has 0 saturated carbocycles. The van der Waals surface area contributed by atoms with E-state index in [1.54, 1.807) is 6.92 Å². The third kappa shape index (κ3) is 7.41. The van der Waals surface area contributed by atoms with Gasteiger partial charge in [-0.2, -0.15) is 0 Å². The molecule has 4 nitrogen and oxygen atoms in total. The van der Waals surface area contributed by atoms with Crippen molar-refractivity contribution in [3.63, 3.8) is 0 Å². The quantitative estimate of drug-likeness (QED) is 0.363. The van der Waals surface area contributed by atoms with Crippen molar-refractivity contribution in [2.45, 2.75) is 84.7 Å². The average molecular weight is 312 g/mol. The van der Waals surface area contributed by atoms with E-state index >= 15 is 0 Å². The number of carbonyl (C=O) groups is 1. The zero-order chi connectivity index (χ0) is 16.4. The lowest BCUT2D eigenvalue weighted by atomic mass is 10.0. The van der Waals surface area contributed by atoms with Crippen LogP contribution in [0, 0.1) is 5.92 Å². The summed E-state index contributed by atoms with van der Waals surface area (Å²) in [7, 11) is 0. The standard InChI is InChI=1S/C18H32O4/c1-5-7-8-9-10-15-13-16(11-12-17(19)20-6-2)22-18(21-15)14(3)4/h11-12,14-16,18H,5-10,13H2,1-4H3/b12-11+/t15-,16+,18-/m1/s1. The molecule has 1 fully saturated rings. The van der Waals surface area contributed by atoms with Crippen molar-refractivity contribution in [3.05, 3.63) is 12.2 Å². The summed E-state index contributed by atoms with van der Waals surface area (Å²) >= 11 is 0. The van der Waals surface area contributed by atoms with E-state index in [2.05, 4.69) is 20.8 Å². The van der Waals surface area contributed by atoms with Gasteiger partial charge >= 0.3 is 5.97 Å². The Balaban J connectivity index is 2.51. The molecule has 0 aliphatic carbocycles. The highest BCUT2D eigenvalue weighted by molar-refractivity contribution is 5.81. The third-order valence-electron chi connectivity index (χ3n) is 3.79. The second kappa shape index (κ2) is 10.8. The Bertz CT molecular complexity index is 338. The van der Waals surface area contributed by atoms with Crippen molar-refractivity contribution >= 4 is 5.97 Å². The maximum atomic E-state index is 11.4. The molecule has 0 aromatic heterocycles. The Kier molecular flexibility index (Phi) is 9.41. The fraction of sp³-hybridized carbons (Fsp3) is 0.833. The topological polar surface area (TPSA) is 44.8 Å². The maximum Gasteiger partial charge on any atom is 0.330 e. The first-order valence-electron chi connectivity index (χ1n) is 8.72. The van der Waals surface area contributed by atoms with Crippen LogP contribution >= 0.6 is 0 Å². The molecule has 1 aliphatic heterocycles. The lowest BCUT2D eigenvalue weighted by molar-refractivity contribution is -0.250. The highest BCUT2D eigenvalue weighted by atomic mass is 16.7. The van der Waals surface area contributed by atoms with Crippen LogP contribution in [0.4, 0.5) is 0 Å². The molecule has 0 spiro atoms. The van der Waals surface area contributed by atoms with Crippen molar-refractivity contribution in [1.82, 2.24) is 0 Å². The second-order valence-corrected chi connectivity index (χ2v) is 6.24. The summed E-state index contributed by atoms with van der Waals surface area (Å²) in [6, 6.07) is 0. The van der Waals surface area contributed by atoms with Gasteiger partial charge in [-0.1, -0.05) is 46.5 Å². The number of rotatable bonds is 9. The lowest BCUT2D eigenvalue weighted by Crippen LogP contribution is -2.40. The van der Waals surface area contributed by atoms with Crippen LogP contribution in [0.3, 0.4) is 0 Å². The van der Waals surface area contributed by atoms with Crippen LogP contribution in [0.5, 0.6) is 0 Å². The predicted molar refractivity (Wildman–Crippen MR) is 87.5 cm³/mol. The molecule has 0 aromatic rings. The van der Waals surface area contributed by atoms with E-state index < -0.39 is 0 Å². The summed E-state index contributed by atoms with van der Waals surface area (Å²) in [5, 5.41) is 0. The summed E-state index contributed by atoms with van der Waals surface area (Å²) in [6.45, 7) is 8.60. The zero-order valence-electron chi connectivity index (χ0n) is 14.5. The van der Waals surface area contributed by atoms with Crippen molar-refractivity contribution in [3.8, 4) is 0 Å². The van der Waals surface area contributed by atoms with Crippen molar-refractivity contribution in [2.75, 3.05) is 6.61 Å². The smallest absolute Gasteiger partial charge is 0.330 e. The van der Waals surface area contributed by atoms with Gasteiger partial charge in [0.2, 0.25) is 0 Å². The first kappa shape index (κ1) is 19.2. The Labute approximate surface area is 135 Å². The van der Waals surface area contributed by atoms with Crippen molar-refractivity contribution in [2.24, 2.45) is 5.92 Å². The first-order valence-corrected chi connectivity index (χ1v) is 8.72. The van der Waals surface area contributed by atoms with Gasteiger partial charge in [0.25, 0.3) is 0 Å². The molecule has 1 rings (SSSR count). The van der Waals surface area contributed by atoms with Gasteiger partial charge < -0.3 is 14.2 Å². The van der Waals surface area contributed by atoms with E-state index in [-0.39, 0.29) is 24.5 Å². The predicted octanol–water partition coefficient (Wildman–Crippen LogP) is 4.23. The summed E-state index contributed by atoms with van der Waals surface area (Å²) in [6.07, 6.45) is 10.1. The Morgan fingerprint density at radius 2 is 2.00 bits per heavy atom. The van der Waals surface area contributed by atoms with Crippen LogP contribution in [-0.4, -0.2) is 31.1 Å². The number of unbranched alkanes of at least 4 members (excludes halogenated alkanes) is 3. The molecule has 1 aliphatic rings. The van der Waals surface area contributed by atoms with E-state index in [0.717, 1.165) is 12.8 Å². The number of hydrogen-bond acceptors (Lipinski definition) is 4. The van der Waals surface area contributed by atoms with Crippen LogP contribution < -0.4 is 0 Å². The molecular weight excluding hydrogens is 280 g/mol. The molecule has 0 radical (unpaired) electrons. The van der Waals surface area contributed by atoms with Crippen molar-refractivity contribution in [1.29, 1.82) is 0 Å². The van der Waals surface area contributed by atoms with E-state index in [0.29, 0.717) is 12.5 Å². The second-order valence-electron chi connectivity index (χ2n) is 6.24. The number of hydrogen-bond donors (Lipinski definition) is 0. The molecule has 0 bridgehead atoms. The largest absolute Gasteiger partial charge is 0.463 e. The summed E-state index contributed by atoms with van der Waals surface area (Å²) in [5.74, 6) is -0.00452. The minimum atomic E-state index is -0.307. The molecule has 1 heterocycles. The van der Waals surface area contributed by atoms with Gasteiger partial charge in [0.1, 0.15) is 0 Å². The fourth-order valence-electron chi connectivity index (χ4n) is 2.56. The molecule has 0 N–H and O–H groups in total. The van der Waals surface area contributed by atoms with Crippen molar-refractivity contribution < 1.29 is 19.0 Å². The Hall–Kier alpha value is -0.870. The molecule has 1 saturated heterocycles. The van der Waals surface area contributed by atoms with Crippen LogP contribution in [0.15, 0.2) is 12.2 Å². The molecule has 128 valence electrons. The minimum absolute atomic E-state index is 0.0678. The first-order chi connectivity index (χ1) is 10.6. The van der Waals surface area contributed by atoms with E-state index in [9.17, 15) is 4.79 Å². The van der Waals surface area contributed by atoms with E-state index in [1.807, 2.05) is 6.08 Å². The van der Waals surface area contributed by atoms with Crippen LogP contribution in [0.1, 0.15) is 66.2 Å². The SMILES string of the molecule is CCCCCC[C@@H]1C[C@H](/C=C/C(=O)OCC)O[C@H](C(C)C)O1. The molecule has 22 heavy (non-hydrogen) atoms. The summed E-state index contributed by atoms with van der Waals surface area (Å²) in [4.78, 5) is 11.4. The average Bonchev–Trinajstić information content (AvgIpc) is 2.50. The molecular formula is C18H32O4. The van der Waals surface area contributed by atoms with Gasteiger partial charge in [-0.3, -0.25) is 0 Å². The van der Waals surface area contributed by atoms with Gasteiger partial charge in [0.05, 0.1) is 18.8 Å². The fourth-order valence-corrected chi connectivity index (χ4v) is 2.56. The van der Waals surface area contributed by atoms with E-state index in [4.69, 9.17) is 14.2 Å². The maximum absolute atomic E-state index is 11.4. The highest BCUT2D eigenvalue weighted by Gasteiger charge is 2.30. The minimum Gasteiger partial charge on any atom is -0.463 e. The number of ether oxygens (including phenoxy) is 3. The molecule has 3 atom stereocenters. The molecule has 0 amide bonds. The van der Waals surface area contributed by atoms with Gasteiger partial charge in [-0.25, -0.2) is 4.79 Å². The highest BCUT2D eigenvalue weighted by Crippen LogP contribution is 2.27. The summed E-state index contributed by atoms with van der Waals surface area (Å²) < 4.78 is 16.9. The molecule has 4 heteroatoms. The van der Waals surface area contributed by atoms with Crippen LogP contribution in [-0.2, 0) is 19.0 Å². The molecule has 0 aromatic carbocycles. The monoisotopic (exact) mass is 312 g/mol. The number of esters is 1. The Morgan fingerprint density at radius 1 is 1.23 bits per heavy atom. The normalized spacial score (nSPS) is 25.8. The van der Waals surface area contributed by atoms with E-state index in [1.165, 1.54) is 31.8 Å². The lowest BCUT2D eigenvalue weighted by Gasteiger charge is -2.36. The third-order valence-corrected chi connectivity index (χ3v) is 3.79. The van der Waals surface area contributed by atoms with Crippen LogP contribution in [0.25, 0.3) is 0 Å². The van der Waals surface area contributed by atoms with Crippen LogP contribution in [0.2, 0.25) is 0 Å². The summed E-state index contributed by atoms with van der Waals surface area (Å²) in [5.41, 5.74) is 0. The van der Waals surface area contributed by atoms with Gasteiger partial charge in [0, 0.05) is 18.4 Å². The zero-order valence-corrected chi connectivity index (χ0v) is 14.5. The van der Waals surface area contributed by atoms with Gasteiger partial charge in [0.15, 0.2) is 6.29 Å². The molecule has 0 unspecified atom stereocenters. The van der Waals surface area contributed by atoms with Gasteiger partial charge in [-0.05, 0) is 19.4 Å².